The fraction of sp³-hybridized carbons (Fsp3) is 0.423. The van der Waals surface area contributed by atoms with Gasteiger partial charge in [0.05, 0.1) is 24.5 Å². The SMILES string of the molecule is CCC/C(=C\c1cc(Br)ccc1O)CC[C@H]1OB(O)C[C@H]2C1=C(CO[Si](c1ccccc1)(c1ccccc1)C(C)(C)C)C[C@H]1C(=O)N(C3CCN(Cc4ccccc4)CC3)C(=O)[C@H]12. The molecule has 8 nitrogen and oxygen atoms in total. The van der Waals surface area contributed by atoms with Crippen molar-refractivity contribution in [3.8, 4) is 5.75 Å². The van der Waals surface area contributed by atoms with E-state index < -0.39 is 33.4 Å². The first-order chi connectivity index (χ1) is 30.4. The maximum atomic E-state index is 14.9. The lowest BCUT2D eigenvalue weighted by Gasteiger charge is -2.46. The number of carbonyl (C=O) groups excluding carboxylic acids is 2. The Bertz CT molecular complexity index is 2260. The maximum absolute atomic E-state index is 14.9. The molecule has 4 aromatic carbocycles. The Morgan fingerprint density at radius 2 is 1.52 bits per heavy atom. The molecule has 4 atom stereocenters. The normalized spacial score (nSPS) is 22.7. The molecular weight excluding hydrogens is 867 g/mol. The standard InChI is InChI=1S/C52H62BBrN2O6Si/c1-5-15-36(30-38-31-40(54)23-24-46(38)57)22-25-47-48-39(35-61-63(52(2,3)4,42-18-11-7-12-19-42)43-20-13-8-14-21-43)32-44-49(45(48)33-53(60)62-47)51(59)56(50(44)58)41-26-28-55(29-27-41)34-37-16-9-6-10-17-37/h6-14,16-21,23-24,30-31,41,44-45,47,49,57,60H,5,15,22,25-29,32-35H2,1-4H3/b36-30+/t44-,45+,47-,49-/m1/s1. The molecule has 2 N–H and O–H groups in total. The van der Waals surface area contributed by atoms with E-state index in [1.165, 1.54) is 21.5 Å². The molecule has 0 saturated carbocycles. The number of phenolic OH excluding ortho intramolecular Hbond substituents is 1. The van der Waals surface area contributed by atoms with Gasteiger partial charge in [0.15, 0.2) is 0 Å². The summed E-state index contributed by atoms with van der Waals surface area (Å²) in [5, 5.41) is 24.4. The van der Waals surface area contributed by atoms with E-state index in [9.17, 15) is 19.7 Å². The zero-order valence-electron chi connectivity index (χ0n) is 37.2. The van der Waals surface area contributed by atoms with Crippen LogP contribution < -0.4 is 10.4 Å². The molecule has 0 spiro atoms. The Kier molecular flexibility index (Phi) is 14.1. The quantitative estimate of drug-likeness (QED) is 0.0740. The molecule has 4 aliphatic rings. The van der Waals surface area contributed by atoms with Crippen LogP contribution in [-0.4, -0.2) is 79.0 Å². The number of aromatic hydroxyl groups is 1. The molecule has 3 heterocycles. The minimum Gasteiger partial charge on any atom is -0.507 e. The molecule has 0 radical (unpaired) electrons. The summed E-state index contributed by atoms with van der Waals surface area (Å²) in [7, 11) is -4.07. The molecule has 3 aliphatic heterocycles. The highest BCUT2D eigenvalue weighted by molar-refractivity contribution is 9.10. The Hall–Kier alpha value is -4.10. The van der Waals surface area contributed by atoms with Crippen molar-refractivity contribution in [1.29, 1.82) is 0 Å². The first-order valence-corrected chi connectivity index (χ1v) is 25.7. The van der Waals surface area contributed by atoms with Crippen molar-refractivity contribution in [3.05, 3.63) is 142 Å². The summed E-state index contributed by atoms with van der Waals surface area (Å²) < 4.78 is 15.0. The molecule has 63 heavy (non-hydrogen) atoms. The summed E-state index contributed by atoms with van der Waals surface area (Å²) in [6.07, 6.45) is 6.76. The smallest absolute Gasteiger partial charge is 0.455 e. The van der Waals surface area contributed by atoms with Crippen LogP contribution in [0.5, 0.6) is 5.75 Å². The van der Waals surface area contributed by atoms with Crippen LogP contribution in [0.25, 0.3) is 6.08 Å². The molecule has 8 rings (SSSR count). The third-order valence-corrected chi connectivity index (χ3v) is 19.5. The number of amides is 2. The number of nitrogens with zero attached hydrogens (tertiary/aromatic N) is 2. The molecule has 1 aliphatic carbocycles. The maximum Gasteiger partial charge on any atom is 0.455 e. The number of likely N-dealkylation sites (tertiary alicyclic amines) is 2. The number of fused-ring (bicyclic) bond motifs is 3. The summed E-state index contributed by atoms with van der Waals surface area (Å²) in [4.78, 5) is 33.8. The largest absolute Gasteiger partial charge is 0.507 e. The molecule has 0 aromatic heterocycles. The number of carbonyl (C=O) groups is 2. The minimum absolute atomic E-state index is 0.0759. The average molecular weight is 930 g/mol. The number of imide groups is 1. The monoisotopic (exact) mass is 928 g/mol. The summed E-state index contributed by atoms with van der Waals surface area (Å²) in [6.45, 7) is 11.7. The second kappa shape index (κ2) is 19.6. The van der Waals surface area contributed by atoms with E-state index in [1.54, 1.807) is 11.0 Å². The van der Waals surface area contributed by atoms with E-state index in [0.717, 1.165) is 66.5 Å². The third-order valence-electron chi connectivity index (χ3n) is 14.0. The molecule has 0 bridgehead atoms. The fourth-order valence-corrected chi connectivity index (χ4v) is 16.1. The van der Waals surface area contributed by atoms with Crippen molar-refractivity contribution in [2.45, 2.75) is 103 Å². The number of hydrogen-bond donors (Lipinski definition) is 2. The van der Waals surface area contributed by atoms with Crippen molar-refractivity contribution in [2.24, 2.45) is 17.8 Å². The van der Waals surface area contributed by atoms with Gasteiger partial charge < -0.3 is 19.2 Å². The number of hydrogen-bond acceptors (Lipinski definition) is 7. The van der Waals surface area contributed by atoms with E-state index in [4.69, 9.17) is 9.08 Å². The Morgan fingerprint density at radius 1 is 0.889 bits per heavy atom. The molecule has 11 heteroatoms. The summed E-state index contributed by atoms with van der Waals surface area (Å²) in [6, 6.07) is 37.0. The van der Waals surface area contributed by atoms with Gasteiger partial charge in [0.25, 0.3) is 8.32 Å². The predicted molar refractivity (Wildman–Crippen MR) is 258 cm³/mol. The lowest BCUT2D eigenvalue weighted by Crippen LogP contribution is -2.66. The zero-order chi connectivity index (χ0) is 44.3. The lowest BCUT2D eigenvalue weighted by molar-refractivity contribution is -0.144. The van der Waals surface area contributed by atoms with Gasteiger partial charge in [0.1, 0.15) is 5.75 Å². The molecule has 0 unspecified atom stereocenters. The van der Waals surface area contributed by atoms with Gasteiger partial charge in [-0.3, -0.25) is 19.4 Å². The van der Waals surface area contributed by atoms with Gasteiger partial charge in [-0.15, -0.1) is 0 Å². The highest BCUT2D eigenvalue weighted by atomic mass is 79.9. The number of allylic oxidation sites excluding steroid dienone is 1. The number of rotatable bonds is 14. The summed E-state index contributed by atoms with van der Waals surface area (Å²) in [5.41, 5.74) is 5.23. The van der Waals surface area contributed by atoms with Gasteiger partial charge in [-0.1, -0.05) is 153 Å². The van der Waals surface area contributed by atoms with Crippen molar-refractivity contribution >= 4 is 59.6 Å². The van der Waals surface area contributed by atoms with Crippen molar-refractivity contribution in [2.75, 3.05) is 19.7 Å². The second-order valence-corrected chi connectivity index (χ2v) is 24.3. The third kappa shape index (κ3) is 9.51. The number of phenols is 1. The van der Waals surface area contributed by atoms with Gasteiger partial charge in [0, 0.05) is 35.7 Å². The Morgan fingerprint density at radius 3 is 2.14 bits per heavy atom. The van der Waals surface area contributed by atoms with Gasteiger partial charge in [-0.25, -0.2) is 0 Å². The van der Waals surface area contributed by atoms with Crippen molar-refractivity contribution in [3.63, 3.8) is 0 Å². The highest BCUT2D eigenvalue weighted by Gasteiger charge is 2.59. The predicted octanol–water partition coefficient (Wildman–Crippen LogP) is 9.16. The van der Waals surface area contributed by atoms with Gasteiger partial charge in [-0.05, 0) is 101 Å². The highest BCUT2D eigenvalue weighted by Crippen LogP contribution is 2.52. The Labute approximate surface area is 383 Å². The van der Waals surface area contributed by atoms with Crippen LogP contribution in [0.2, 0.25) is 11.4 Å². The second-order valence-electron chi connectivity index (χ2n) is 19.1. The van der Waals surface area contributed by atoms with Crippen LogP contribution in [0.1, 0.15) is 83.8 Å². The van der Waals surface area contributed by atoms with Crippen LogP contribution in [0.4, 0.5) is 0 Å². The van der Waals surface area contributed by atoms with Gasteiger partial charge >= 0.3 is 7.12 Å². The van der Waals surface area contributed by atoms with Gasteiger partial charge in [-0.2, -0.15) is 0 Å². The summed E-state index contributed by atoms with van der Waals surface area (Å²) in [5.74, 6) is -1.39. The Balaban J connectivity index is 1.14. The average Bonchev–Trinajstić information content (AvgIpc) is 3.53. The van der Waals surface area contributed by atoms with Crippen molar-refractivity contribution in [1.82, 2.24) is 9.80 Å². The fourth-order valence-electron chi connectivity index (χ4n) is 11.2. The summed E-state index contributed by atoms with van der Waals surface area (Å²) >= 11 is 3.56. The first-order valence-electron chi connectivity index (χ1n) is 23.0. The topological polar surface area (TPSA) is 99.5 Å². The molecular formula is C52H62BBrN2O6Si. The zero-order valence-corrected chi connectivity index (χ0v) is 39.8. The number of benzene rings is 4. The van der Waals surface area contributed by atoms with E-state index in [-0.39, 0.29) is 40.9 Å². The first kappa shape index (κ1) is 45.5. The van der Waals surface area contributed by atoms with E-state index in [0.29, 0.717) is 25.9 Å². The van der Waals surface area contributed by atoms with Crippen LogP contribution in [0, 0.1) is 17.8 Å². The minimum atomic E-state index is -2.99. The number of piperidine rings is 1. The van der Waals surface area contributed by atoms with E-state index in [2.05, 4.69) is 127 Å². The van der Waals surface area contributed by atoms with Crippen LogP contribution >= 0.6 is 15.9 Å². The van der Waals surface area contributed by atoms with Gasteiger partial charge in [0.2, 0.25) is 11.8 Å². The molecule has 3 saturated heterocycles. The molecule has 4 aromatic rings. The van der Waals surface area contributed by atoms with E-state index in [1.807, 2.05) is 30.3 Å². The molecule has 330 valence electrons. The van der Waals surface area contributed by atoms with Crippen LogP contribution in [-0.2, 0) is 25.2 Å². The van der Waals surface area contributed by atoms with E-state index >= 15 is 0 Å². The molecule has 3 fully saturated rings. The lowest BCUT2D eigenvalue weighted by atomic mass is 9.58. The number of halogens is 1. The molecule has 2 amide bonds. The van der Waals surface area contributed by atoms with Crippen molar-refractivity contribution < 1.29 is 28.8 Å². The van der Waals surface area contributed by atoms with Crippen LogP contribution in [0.15, 0.2) is 130 Å². The van der Waals surface area contributed by atoms with Crippen LogP contribution in [0.3, 0.4) is 0 Å².